The summed E-state index contributed by atoms with van der Waals surface area (Å²) in [5.41, 5.74) is 2.12. The second-order valence-electron chi connectivity index (χ2n) is 6.16. The molecule has 0 saturated carbocycles. The number of Topliss-reactive ketones (excluding diaryl/α,β-unsaturated/α-hetero) is 1. The van der Waals surface area contributed by atoms with Gasteiger partial charge in [-0.25, -0.2) is 0 Å². The number of aryl methyl sites for hydroxylation is 1. The average Bonchev–Trinajstić information content (AvgIpc) is 2.87. The molecule has 6 heteroatoms. The van der Waals surface area contributed by atoms with E-state index in [1.54, 1.807) is 18.1 Å². The van der Waals surface area contributed by atoms with Gasteiger partial charge < -0.3 is 14.4 Å². The van der Waals surface area contributed by atoms with Crippen molar-refractivity contribution in [3.05, 3.63) is 52.0 Å². The van der Waals surface area contributed by atoms with E-state index < -0.39 is 11.7 Å². The second kappa shape index (κ2) is 7.91. The van der Waals surface area contributed by atoms with Crippen molar-refractivity contribution in [2.75, 3.05) is 25.2 Å². The van der Waals surface area contributed by atoms with Gasteiger partial charge in [-0.2, -0.15) is 0 Å². The molecule has 136 valence electrons. The fourth-order valence-electron chi connectivity index (χ4n) is 2.97. The molecule has 0 aromatic heterocycles. The van der Waals surface area contributed by atoms with Crippen molar-refractivity contribution in [3.8, 4) is 11.5 Å². The largest absolute Gasteiger partial charge is 0.497 e. The Kier molecular flexibility index (Phi) is 5.61. The number of benzene rings is 2. The third-order valence-electron chi connectivity index (χ3n) is 4.27. The molecule has 2 aromatic rings. The van der Waals surface area contributed by atoms with Crippen molar-refractivity contribution in [2.24, 2.45) is 0 Å². The van der Waals surface area contributed by atoms with Crippen molar-refractivity contribution in [1.82, 2.24) is 0 Å². The lowest BCUT2D eigenvalue weighted by Gasteiger charge is -2.18. The second-order valence-corrected chi connectivity index (χ2v) is 7.01. The monoisotopic (exact) mass is 417 g/mol. The summed E-state index contributed by atoms with van der Waals surface area (Å²) in [6.45, 7) is 2.94. The Morgan fingerprint density at radius 2 is 1.73 bits per heavy atom. The lowest BCUT2D eigenvalue weighted by atomic mass is 10.1. The highest BCUT2D eigenvalue weighted by Crippen LogP contribution is 2.37. The molecule has 0 unspecified atom stereocenters. The van der Waals surface area contributed by atoms with Crippen LogP contribution in [0.25, 0.3) is 0 Å². The number of rotatable bonds is 7. The SMILES string of the molecule is COc1ccc(OCCCCN2C(=O)C(=O)c3cc(C)cc(Br)c32)cc1. The number of nitrogens with zero attached hydrogens (tertiary/aromatic N) is 1. The molecule has 1 aliphatic heterocycles. The number of carbonyl (C=O) groups excluding carboxylic acids is 2. The Balaban J connectivity index is 1.54. The first kappa shape index (κ1) is 18.5. The van der Waals surface area contributed by atoms with Gasteiger partial charge in [-0.15, -0.1) is 0 Å². The van der Waals surface area contributed by atoms with E-state index in [1.165, 1.54) is 0 Å². The van der Waals surface area contributed by atoms with E-state index in [4.69, 9.17) is 9.47 Å². The summed E-state index contributed by atoms with van der Waals surface area (Å²) in [4.78, 5) is 26.0. The summed E-state index contributed by atoms with van der Waals surface area (Å²) >= 11 is 3.48. The van der Waals surface area contributed by atoms with Gasteiger partial charge in [-0.05, 0) is 77.7 Å². The van der Waals surface area contributed by atoms with Crippen LogP contribution in [0.4, 0.5) is 5.69 Å². The van der Waals surface area contributed by atoms with Gasteiger partial charge >= 0.3 is 0 Å². The number of ketones is 1. The number of anilines is 1. The number of halogens is 1. The number of amides is 1. The standard InChI is InChI=1S/C20H20BrNO4/c1-13-11-16-18(17(21)12-13)22(20(24)19(16)23)9-3-4-10-26-15-7-5-14(25-2)6-8-15/h5-8,11-12H,3-4,9-10H2,1-2H3. The summed E-state index contributed by atoms with van der Waals surface area (Å²) in [7, 11) is 1.62. The minimum absolute atomic E-state index is 0.432. The first-order chi connectivity index (χ1) is 12.5. The van der Waals surface area contributed by atoms with E-state index in [2.05, 4.69) is 15.9 Å². The van der Waals surface area contributed by atoms with Crippen LogP contribution in [0.5, 0.6) is 11.5 Å². The molecule has 5 nitrogen and oxygen atoms in total. The van der Waals surface area contributed by atoms with Gasteiger partial charge in [0.05, 0.1) is 25.0 Å². The molecular formula is C20H20BrNO4. The van der Waals surface area contributed by atoms with Crippen molar-refractivity contribution >= 4 is 33.3 Å². The van der Waals surface area contributed by atoms with Crippen LogP contribution in [-0.4, -0.2) is 32.0 Å². The molecule has 0 saturated heterocycles. The number of hydrogen-bond donors (Lipinski definition) is 0. The molecule has 3 rings (SSSR count). The fraction of sp³-hybridized carbons (Fsp3) is 0.300. The third kappa shape index (κ3) is 3.75. The Bertz CT molecular complexity index is 832. The van der Waals surface area contributed by atoms with Crippen LogP contribution in [0.15, 0.2) is 40.9 Å². The van der Waals surface area contributed by atoms with E-state index >= 15 is 0 Å². The van der Waals surface area contributed by atoms with E-state index in [0.717, 1.165) is 34.4 Å². The smallest absolute Gasteiger partial charge is 0.299 e. The number of hydrogen-bond acceptors (Lipinski definition) is 4. The average molecular weight is 418 g/mol. The molecule has 0 atom stereocenters. The molecule has 0 bridgehead atoms. The predicted molar refractivity (Wildman–Crippen MR) is 103 cm³/mol. The zero-order valence-corrected chi connectivity index (χ0v) is 16.3. The minimum atomic E-state index is -0.456. The van der Waals surface area contributed by atoms with E-state index in [-0.39, 0.29) is 0 Å². The molecular weight excluding hydrogens is 398 g/mol. The Hall–Kier alpha value is -2.34. The summed E-state index contributed by atoms with van der Waals surface area (Å²) in [6, 6.07) is 11.1. The predicted octanol–water partition coefficient (Wildman–Crippen LogP) is 4.15. The third-order valence-corrected chi connectivity index (χ3v) is 4.87. The number of ether oxygens (including phenoxy) is 2. The molecule has 1 aliphatic rings. The summed E-state index contributed by atoms with van der Waals surface area (Å²) in [5, 5.41) is 0. The lowest BCUT2D eigenvalue weighted by Crippen LogP contribution is -2.31. The molecule has 0 N–H and O–H groups in total. The Morgan fingerprint density at radius 1 is 1.04 bits per heavy atom. The van der Waals surface area contributed by atoms with Gasteiger partial charge in [0.1, 0.15) is 11.5 Å². The molecule has 0 radical (unpaired) electrons. The lowest BCUT2D eigenvalue weighted by molar-refractivity contribution is -0.114. The van der Waals surface area contributed by atoms with Crippen molar-refractivity contribution in [2.45, 2.75) is 19.8 Å². The minimum Gasteiger partial charge on any atom is -0.497 e. The Morgan fingerprint density at radius 3 is 2.42 bits per heavy atom. The number of unbranched alkanes of at least 4 members (excludes halogenated alkanes) is 1. The maximum Gasteiger partial charge on any atom is 0.299 e. The highest BCUT2D eigenvalue weighted by Gasteiger charge is 2.37. The molecule has 2 aromatic carbocycles. The van der Waals surface area contributed by atoms with Gasteiger partial charge in [0, 0.05) is 11.0 Å². The number of fused-ring (bicyclic) bond motifs is 1. The zero-order valence-electron chi connectivity index (χ0n) is 14.8. The van der Waals surface area contributed by atoms with Crippen LogP contribution in [0.1, 0.15) is 28.8 Å². The molecule has 0 fully saturated rings. The zero-order chi connectivity index (χ0) is 18.7. The first-order valence-corrected chi connectivity index (χ1v) is 9.23. The van der Waals surface area contributed by atoms with Gasteiger partial charge in [-0.3, -0.25) is 9.59 Å². The van der Waals surface area contributed by atoms with Crippen LogP contribution in [0.2, 0.25) is 0 Å². The molecule has 0 aliphatic carbocycles. The molecule has 1 heterocycles. The maximum atomic E-state index is 12.3. The highest BCUT2D eigenvalue weighted by molar-refractivity contribution is 9.10. The van der Waals surface area contributed by atoms with Crippen molar-refractivity contribution < 1.29 is 19.1 Å². The van der Waals surface area contributed by atoms with Crippen molar-refractivity contribution in [1.29, 1.82) is 0 Å². The topological polar surface area (TPSA) is 55.8 Å². The highest BCUT2D eigenvalue weighted by atomic mass is 79.9. The van der Waals surface area contributed by atoms with Gasteiger partial charge in [0.25, 0.3) is 11.7 Å². The summed E-state index contributed by atoms with van der Waals surface area (Å²) in [6.07, 6.45) is 1.53. The normalized spacial score (nSPS) is 13.1. The van der Waals surface area contributed by atoms with Crippen molar-refractivity contribution in [3.63, 3.8) is 0 Å². The van der Waals surface area contributed by atoms with Crippen LogP contribution in [0.3, 0.4) is 0 Å². The van der Waals surface area contributed by atoms with E-state index in [9.17, 15) is 9.59 Å². The van der Waals surface area contributed by atoms with Gasteiger partial charge in [0.2, 0.25) is 0 Å². The van der Waals surface area contributed by atoms with Gasteiger partial charge in [0.15, 0.2) is 0 Å². The van der Waals surface area contributed by atoms with Crippen LogP contribution < -0.4 is 14.4 Å². The van der Waals surface area contributed by atoms with Gasteiger partial charge in [-0.1, -0.05) is 0 Å². The van der Waals surface area contributed by atoms with Crippen LogP contribution in [0, 0.1) is 6.92 Å². The van der Waals surface area contributed by atoms with Crippen LogP contribution >= 0.6 is 15.9 Å². The number of methoxy groups -OCH3 is 1. The molecule has 26 heavy (non-hydrogen) atoms. The Labute approximate surface area is 161 Å². The molecule has 1 amide bonds. The van der Waals surface area contributed by atoms with E-state index in [0.29, 0.717) is 24.4 Å². The van der Waals surface area contributed by atoms with Crippen LogP contribution in [-0.2, 0) is 4.79 Å². The first-order valence-electron chi connectivity index (χ1n) is 8.44. The number of carbonyl (C=O) groups is 2. The summed E-state index contributed by atoms with van der Waals surface area (Å²) < 4.78 is 11.6. The quantitative estimate of drug-likeness (QED) is 0.501. The maximum absolute atomic E-state index is 12.3. The fourth-order valence-corrected chi connectivity index (χ4v) is 3.76. The molecule has 0 spiro atoms. The summed E-state index contributed by atoms with van der Waals surface area (Å²) in [5.74, 6) is 0.678. The van der Waals surface area contributed by atoms with E-state index in [1.807, 2.05) is 37.3 Å².